The Bertz CT molecular complexity index is 399. The summed E-state index contributed by atoms with van der Waals surface area (Å²) >= 11 is 5.89. The van der Waals surface area contributed by atoms with Crippen LogP contribution in [0.3, 0.4) is 0 Å². The van der Waals surface area contributed by atoms with Gasteiger partial charge in [-0.3, -0.25) is 9.59 Å². The minimum atomic E-state index is -0.558. The SMILES string of the molecule is Cc1cc2c(cc1Cl)NC(=O)C(=O)C2. The zero-order valence-electron chi connectivity index (χ0n) is 7.56. The van der Waals surface area contributed by atoms with Crippen molar-refractivity contribution in [2.45, 2.75) is 13.3 Å². The fourth-order valence-corrected chi connectivity index (χ4v) is 1.61. The van der Waals surface area contributed by atoms with E-state index in [0.29, 0.717) is 10.7 Å². The highest BCUT2D eigenvalue weighted by Crippen LogP contribution is 2.27. The average Bonchev–Trinajstić information content (AvgIpc) is 2.11. The molecule has 0 saturated carbocycles. The lowest BCUT2D eigenvalue weighted by Crippen LogP contribution is -2.29. The van der Waals surface area contributed by atoms with Crippen molar-refractivity contribution in [2.24, 2.45) is 0 Å². The maximum atomic E-state index is 11.1. The van der Waals surface area contributed by atoms with E-state index in [1.54, 1.807) is 6.07 Å². The number of Topliss-reactive ketones (excluding diaryl/α,β-unsaturated/α-hetero) is 1. The third-order valence-corrected chi connectivity index (χ3v) is 2.64. The summed E-state index contributed by atoms with van der Waals surface area (Å²) in [5.41, 5.74) is 2.39. The predicted molar refractivity (Wildman–Crippen MR) is 53.5 cm³/mol. The Labute approximate surface area is 86.1 Å². The first-order valence-corrected chi connectivity index (χ1v) is 4.59. The fourth-order valence-electron chi connectivity index (χ4n) is 1.45. The molecule has 1 heterocycles. The number of aryl methyl sites for hydroxylation is 1. The predicted octanol–water partition coefficient (Wildman–Crippen LogP) is 1.71. The van der Waals surface area contributed by atoms with Crippen molar-refractivity contribution in [3.8, 4) is 0 Å². The van der Waals surface area contributed by atoms with Gasteiger partial charge in [-0.15, -0.1) is 0 Å². The number of nitrogens with one attached hydrogen (secondary N) is 1. The van der Waals surface area contributed by atoms with Gasteiger partial charge in [0.05, 0.1) is 0 Å². The van der Waals surface area contributed by atoms with Crippen LogP contribution < -0.4 is 5.32 Å². The van der Waals surface area contributed by atoms with Gasteiger partial charge in [-0.05, 0) is 24.1 Å². The summed E-state index contributed by atoms with van der Waals surface area (Å²) in [6.07, 6.45) is 0.166. The Morgan fingerprint density at radius 3 is 2.79 bits per heavy atom. The zero-order chi connectivity index (χ0) is 10.3. The summed E-state index contributed by atoms with van der Waals surface area (Å²) in [6.45, 7) is 1.86. The van der Waals surface area contributed by atoms with Gasteiger partial charge in [-0.2, -0.15) is 0 Å². The average molecular weight is 210 g/mol. The Balaban J connectivity index is 2.53. The van der Waals surface area contributed by atoms with Gasteiger partial charge in [0, 0.05) is 17.1 Å². The van der Waals surface area contributed by atoms with Gasteiger partial charge in [-0.25, -0.2) is 0 Å². The zero-order valence-corrected chi connectivity index (χ0v) is 8.31. The van der Waals surface area contributed by atoms with Crippen molar-refractivity contribution in [3.05, 3.63) is 28.3 Å². The second-order valence-corrected chi connectivity index (χ2v) is 3.72. The van der Waals surface area contributed by atoms with Crippen LogP contribution in [0.5, 0.6) is 0 Å². The molecule has 3 nitrogen and oxygen atoms in total. The molecule has 14 heavy (non-hydrogen) atoms. The van der Waals surface area contributed by atoms with E-state index in [-0.39, 0.29) is 6.42 Å². The molecule has 0 spiro atoms. The molecule has 0 radical (unpaired) electrons. The molecule has 2 rings (SSSR count). The van der Waals surface area contributed by atoms with Crippen molar-refractivity contribution in [1.82, 2.24) is 0 Å². The summed E-state index contributed by atoms with van der Waals surface area (Å²) in [5, 5.41) is 3.10. The first-order valence-electron chi connectivity index (χ1n) is 4.21. The quantitative estimate of drug-likeness (QED) is 0.662. The van der Waals surface area contributed by atoms with E-state index in [9.17, 15) is 9.59 Å². The number of ketones is 1. The van der Waals surface area contributed by atoms with Gasteiger partial charge in [-0.1, -0.05) is 17.7 Å². The number of rotatable bonds is 0. The van der Waals surface area contributed by atoms with Crippen LogP contribution in [0, 0.1) is 6.92 Å². The van der Waals surface area contributed by atoms with Gasteiger partial charge in [0.2, 0.25) is 5.78 Å². The Morgan fingerprint density at radius 1 is 1.36 bits per heavy atom. The van der Waals surface area contributed by atoms with Crippen LogP contribution >= 0.6 is 11.6 Å². The molecule has 0 unspecified atom stereocenters. The number of amides is 1. The number of benzene rings is 1. The van der Waals surface area contributed by atoms with Crippen LogP contribution in [0.25, 0.3) is 0 Å². The standard InChI is InChI=1S/C10H8ClNO2/c1-5-2-6-3-9(13)10(14)12-8(6)4-7(5)11/h2,4H,3H2,1H3,(H,12,14). The summed E-state index contributed by atoms with van der Waals surface area (Å²) < 4.78 is 0. The summed E-state index contributed by atoms with van der Waals surface area (Å²) in [5.74, 6) is -0.961. The molecular formula is C10H8ClNO2. The molecule has 1 aliphatic heterocycles. The van der Waals surface area contributed by atoms with Gasteiger partial charge in [0.15, 0.2) is 0 Å². The van der Waals surface area contributed by atoms with E-state index >= 15 is 0 Å². The summed E-state index contributed by atoms with van der Waals surface area (Å²) in [6, 6.07) is 3.51. The highest BCUT2D eigenvalue weighted by atomic mass is 35.5. The van der Waals surface area contributed by atoms with Crippen molar-refractivity contribution in [1.29, 1.82) is 0 Å². The van der Waals surface area contributed by atoms with E-state index in [0.717, 1.165) is 11.1 Å². The van der Waals surface area contributed by atoms with E-state index < -0.39 is 11.7 Å². The van der Waals surface area contributed by atoms with Crippen molar-refractivity contribution >= 4 is 29.0 Å². The molecule has 0 aromatic heterocycles. The highest BCUT2D eigenvalue weighted by Gasteiger charge is 2.23. The topological polar surface area (TPSA) is 46.2 Å². The Kier molecular flexibility index (Phi) is 2.04. The van der Waals surface area contributed by atoms with Gasteiger partial charge in [0.25, 0.3) is 5.91 Å². The van der Waals surface area contributed by atoms with Crippen LogP contribution in [-0.4, -0.2) is 11.7 Å². The smallest absolute Gasteiger partial charge is 0.292 e. The number of anilines is 1. The molecule has 72 valence electrons. The van der Waals surface area contributed by atoms with Crippen LogP contribution in [0.1, 0.15) is 11.1 Å². The minimum Gasteiger partial charge on any atom is -0.319 e. The lowest BCUT2D eigenvalue weighted by Gasteiger charge is -2.16. The Hall–Kier alpha value is -1.35. The third kappa shape index (κ3) is 1.40. The van der Waals surface area contributed by atoms with Crippen LogP contribution in [0.4, 0.5) is 5.69 Å². The molecule has 0 fully saturated rings. The van der Waals surface area contributed by atoms with Gasteiger partial charge in [0.1, 0.15) is 0 Å². The molecule has 0 atom stereocenters. The number of fused-ring (bicyclic) bond motifs is 1. The van der Waals surface area contributed by atoms with Gasteiger partial charge < -0.3 is 5.32 Å². The minimum absolute atomic E-state index is 0.166. The highest BCUT2D eigenvalue weighted by molar-refractivity contribution is 6.42. The molecule has 1 N–H and O–H groups in total. The first-order chi connectivity index (χ1) is 6.58. The third-order valence-electron chi connectivity index (χ3n) is 2.24. The summed E-state index contributed by atoms with van der Waals surface area (Å²) in [4.78, 5) is 22.2. The van der Waals surface area contributed by atoms with Crippen LogP contribution in [0.2, 0.25) is 5.02 Å². The van der Waals surface area contributed by atoms with E-state index in [1.165, 1.54) is 0 Å². The molecule has 0 aliphatic carbocycles. The summed E-state index contributed by atoms with van der Waals surface area (Å²) in [7, 11) is 0. The number of hydrogen-bond acceptors (Lipinski definition) is 2. The van der Waals surface area contributed by atoms with Crippen LogP contribution in [-0.2, 0) is 16.0 Å². The number of halogens is 1. The monoisotopic (exact) mass is 209 g/mol. The Morgan fingerprint density at radius 2 is 2.07 bits per heavy atom. The molecule has 1 aliphatic rings. The largest absolute Gasteiger partial charge is 0.319 e. The van der Waals surface area contributed by atoms with Crippen molar-refractivity contribution in [2.75, 3.05) is 5.32 Å². The molecule has 0 saturated heterocycles. The van der Waals surface area contributed by atoms with Crippen molar-refractivity contribution in [3.63, 3.8) is 0 Å². The fraction of sp³-hybridized carbons (Fsp3) is 0.200. The van der Waals surface area contributed by atoms with E-state index in [4.69, 9.17) is 11.6 Å². The maximum absolute atomic E-state index is 11.1. The molecule has 1 amide bonds. The number of hydrogen-bond donors (Lipinski definition) is 1. The normalized spacial score (nSPS) is 15.0. The second-order valence-electron chi connectivity index (χ2n) is 3.31. The number of carbonyl (C=O) groups excluding carboxylic acids is 2. The lowest BCUT2D eigenvalue weighted by molar-refractivity contribution is -0.134. The van der Waals surface area contributed by atoms with E-state index in [1.807, 2.05) is 13.0 Å². The van der Waals surface area contributed by atoms with Gasteiger partial charge >= 0.3 is 0 Å². The maximum Gasteiger partial charge on any atom is 0.292 e. The molecule has 1 aromatic rings. The molecular weight excluding hydrogens is 202 g/mol. The first kappa shape index (κ1) is 9.21. The van der Waals surface area contributed by atoms with E-state index in [2.05, 4.69) is 5.32 Å². The number of carbonyl (C=O) groups is 2. The second kappa shape index (κ2) is 3.10. The van der Waals surface area contributed by atoms with Crippen molar-refractivity contribution < 1.29 is 9.59 Å². The van der Waals surface area contributed by atoms with Crippen LogP contribution in [0.15, 0.2) is 12.1 Å². The molecule has 4 heteroatoms. The molecule has 0 bridgehead atoms. The lowest BCUT2D eigenvalue weighted by atomic mass is 10.00. The molecule has 1 aromatic carbocycles.